The smallest absolute Gasteiger partial charge is 0.408 e. The van der Waals surface area contributed by atoms with E-state index in [4.69, 9.17) is 15.2 Å². The van der Waals surface area contributed by atoms with Gasteiger partial charge in [-0.05, 0) is 56.3 Å². The van der Waals surface area contributed by atoms with E-state index >= 15 is 0 Å². The van der Waals surface area contributed by atoms with Crippen LogP contribution in [0.1, 0.15) is 54.4 Å². The van der Waals surface area contributed by atoms with Gasteiger partial charge in [0.15, 0.2) is 6.10 Å². The van der Waals surface area contributed by atoms with Crippen LogP contribution in [0.15, 0.2) is 30.6 Å². The Labute approximate surface area is 256 Å². The Bertz CT molecular complexity index is 1380. The van der Waals surface area contributed by atoms with Crippen LogP contribution in [0, 0.1) is 29.1 Å². The highest BCUT2D eigenvalue weighted by Gasteiger charge is 2.59. The number of likely N-dealkylation sites (tertiary alicyclic amines) is 1. The Kier molecular flexibility index (Phi) is 8.10. The van der Waals surface area contributed by atoms with E-state index in [2.05, 4.69) is 33.1 Å². The van der Waals surface area contributed by atoms with Crippen molar-refractivity contribution in [3.63, 3.8) is 0 Å². The van der Waals surface area contributed by atoms with Gasteiger partial charge in [-0.25, -0.2) is 4.79 Å². The van der Waals surface area contributed by atoms with Gasteiger partial charge in [-0.15, -0.1) is 0 Å². The van der Waals surface area contributed by atoms with Crippen molar-refractivity contribution in [1.82, 2.24) is 20.5 Å². The number of carbonyl (C=O) groups excluding carboxylic acids is 5. The molecule has 44 heavy (non-hydrogen) atoms. The van der Waals surface area contributed by atoms with Crippen LogP contribution in [-0.4, -0.2) is 76.0 Å². The largest absolute Gasteiger partial charge is 0.478 e. The highest BCUT2D eigenvalue weighted by atomic mass is 16.6. The van der Waals surface area contributed by atoms with Crippen molar-refractivity contribution >= 4 is 35.4 Å². The molecular formula is C31H42N6O7. The monoisotopic (exact) mass is 610 g/mol. The first kappa shape index (κ1) is 31.3. The molecular weight excluding hydrogens is 568 g/mol. The summed E-state index contributed by atoms with van der Waals surface area (Å²) in [6.07, 6.45) is 6.06. The number of pyridine rings is 1. The number of allylic oxidation sites excluding steroid dienone is 2. The summed E-state index contributed by atoms with van der Waals surface area (Å²) in [4.78, 5) is 72.0. The van der Waals surface area contributed by atoms with Crippen molar-refractivity contribution in [2.75, 3.05) is 11.9 Å². The normalized spacial score (nSPS) is 28.2. The summed E-state index contributed by atoms with van der Waals surface area (Å²) in [5.74, 6) is -1.70. The first-order valence-corrected chi connectivity index (χ1v) is 15.0. The average molecular weight is 611 g/mol. The van der Waals surface area contributed by atoms with Crippen LogP contribution in [0.3, 0.4) is 0 Å². The maximum Gasteiger partial charge on any atom is 0.408 e. The first-order chi connectivity index (χ1) is 20.5. The van der Waals surface area contributed by atoms with E-state index in [0.29, 0.717) is 18.0 Å². The molecule has 0 aromatic carbocycles. The highest BCUT2D eigenvalue weighted by Crippen LogP contribution is 2.54. The zero-order chi connectivity index (χ0) is 32.1. The molecule has 5 rings (SSSR count). The average Bonchev–Trinajstić information content (AvgIpc) is 3.62. The summed E-state index contributed by atoms with van der Waals surface area (Å²) in [5, 5.41) is 8.17. The molecule has 13 nitrogen and oxygen atoms in total. The van der Waals surface area contributed by atoms with E-state index < -0.39 is 65.0 Å². The van der Waals surface area contributed by atoms with Crippen LogP contribution < -0.4 is 26.4 Å². The number of hydrogen-bond donors (Lipinski definition) is 4. The number of amides is 5. The second-order valence-corrected chi connectivity index (χ2v) is 14.2. The van der Waals surface area contributed by atoms with Crippen LogP contribution >= 0.6 is 0 Å². The van der Waals surface area contributed by atoms with Crippen molar-refractivity contribution in [2.24, 2.45) is 34.8 Å². The molecule has 13 heteroatoms. The lowest BCUT2D eigenvalue weighted by molar-refractivity contribution is -0.144. The fourth-order valence-corrected chi connectivity index (χ4v) is 6.89. The second kappa shape index (κ2) is 11.4. The zero-order valence-electron chi connectivity index (χ0n) is 26.0. The molecule has 0 radical (unpaired) electrons. The van der Waals surface area contributed by atoms with Crippen molar-refractivity contribution < 1.29 is 33.4 Å². The topological polar surface area (TPSA) is 182 Å². The summed E-state index contributed by atoms with van der Waals surface area (Å²) in [6.45, 7) is 11.0. The fourth-order valence-electron chi connectivity index (χ4n) is 6.89. The summed E-state index contributed by atoms with van der Waals surface area (Å²) in [6, 6.07) is -1.56. The van der Waals surface area contributed by atoms with Crippen LogP contribution in [0.2, 0.25) is 0 Å². The first-order valence-electron chi connectivity index (χ1n) is 15.0. The van der Waals surface area contributed by atoms with Gasteiger partial charge < -0.3 is 36.1 Å². The molecule has 1 aromatic heterocycles. The fraction of sp³-hybridized carbons (Fsp3) is 0.613. The molecule has 5 N–H and O–H groups in total. The molecule has 4 aliphatic rings. The maximum absolute atomic E-state index is 14.3. The quantitative estimate of drug-likeness (QED) is 0.337. The van der Waals surface area contributed by atoms with Crippen molar-refractivity contribution in [3.05, 3.63) is 30.6 Å². The molecule has 8 atom stereocenters. The third-order valence-corrected chi connectivity index (χ3v) is 8.83. The van der Waals surface area contributed by atoms with E-state index in [-0.39, 0.29) is 30.1 Å². The Hall–Kier alpha value is -4.16. The van der Waals surface area contributed by atoms with Crippen LogP contribution in [0.5, 0.6) is 5.75 Å². The maximum atomic E-state index is 14.3. The van der Waals surface area contributed by atoms with Crippen LogP contribution in [0.25, 0.3) is 0 Å². The minimum Gasteiger partial charge on any atom is -0.478 e. The van der Waals surface area contributed by atoms with Gasteiger partial charge in [-0.3, -0.25) is 24.2 Å². The molecule has 3 heterocycles. The van der Waals surface area contributed by atoms with E-state index in [1.165, 1.54) is 17.3 Å². The molecule has 5 amide bonds. The SMILES string of the molecule is CC(C)(C)OC(=O)N[C@H](C(=O)N1C[C@H]2[C@@H]([C@H]1C(=O)N[C@@H](C[C@@H]1Oc3ccncc3NC1=O)C(N)=O)[C@H]1C=C[C@@H]2C1)C(C)(C)C. The number of carbonyl (C=O) groups is 5. The predicted octanol–water partition coefficient (Wildman–Crippen LogP) is 1.73. The molecule has 2 aliphatic carbocycles. The predicted molar refractivity (Wildman–Crippen MR) is 159 cm³/mol. The molecule has 2 fully saturated rings. The number of nitrogens with zero attached hydrogens (tertiary/aromatic N) is 2. The van der Waals surface area contributed by atoms with Gasteiger partial charge >= 0.3 is 6.09 Å². The van der Waals surface area contributed by atoms with Crippen molar-refractivity contribution in [3.8, 4) is 5.75 Å². The third-order valence-electron chi connectivity index (χ3n) is 8.83. The van der Waals surface area contributed by atoms with Crippen LogP contribution in [-0.2, 0) is 23.9 Å². The molecule has 238 valence electrons. The van der Waals surface area contributed by atoms with Crippen molar-refractivity contribution in [2.45, 2.75) is 84.2 Å². The number of fused-ring (bicyclic) bond motifs is 6. The summed E-state index contributed by atoms with van der Waals surface area (Å²) >= 11 is 0. The van der Waals surface area contributed by atoms with Gasteiger partial charge in [0.1, 0.15) is 35.2 Å². The van der Waals surface area contributed by atoms with Gasteiger partial charge in [0.2, 0.25) is 17.7 Å². The Morgan fingerprint density at radius 3 is 2.50 bits per heavy atom. The Morgan fingerprint density at radius 2 is 1.84 bits per heavy atom. The summed E-state index contributed by atoms with van der Waals surface area (Å²) in [7, 11) is 0. The third kappa shape index (κ3) is 6.22. The van der Waals surface area contributed by atoms with Gasteiger partial charge in [0.25, 0.3) is 5.91 Å². The van der Waals surface area contributed by atoms with Crippen LogP contribution in [0.4, 0.5) is 10.5 Å². The lowest BCUT2D eigenvalue weighted by Gasteiger charge is -2.37. The molecule has 2 aliphatic heterocycles. The van der Waals surface area contributed by atoms with Gasteiger partial charge in [0, 0.05) is 25.2 Å². The number of primary amides is 1. The summed E-state index contributed by atoms with van der Waals surface area (Å²) < 4.78 is 11.2. The lowest BCUT2D eigenvalue weighted by atomic mass is 9.81. The van der Waals surface area contributed by atoms with E-state index in [1.54, 1.807) is 26.8 Å². The minimum atomic E-state index is -1.25. The minimum absolute atomic E-state index is 0.0523. The number of anilines is 1. The second-order valence-electron chi connectivity index (χ2n) is 14.2. The number of rotatable bonds is 7. The van der Waals surface area contributed by atoms with Crippen molar-refractivity contribution in [1.29, 1.82) is 0 Å². The van der Waals surface area contributed by atoms with Gasteiger partial charge in [-0.1, -0.05) is 32.9 Å². The van der Waals surface area contributed by atoms with Gasteiger partial charge in [0.05, 0.1) is 6.20 Å². The zero-order valence-corrected chi connectivity index (χ0v) is 26.0. The number of nitrogens with two attached hydrogens (primary N) is 1. The Balaban J connectivity index is 1.38. The standard InChI is InChI=1S/C31H42N6O7/c1-30(2,3)24(36-29(42)44-31(4,5)6)28(41)37-14-17-15-7-8-16(11-15)22(17)23(37)27(40)34-18(25(32)38)12-21-26(39)35-19-13-33-10-9-20(19)43-21/h7-10,13,15-18,21-24H,11-12,14H2,1-6H3,(H2,32,38)(H,34,40)(H,35,39)(H,36,42)/t15-,16+,17-,18+,21+,22+,23+,24-/m1/s1. The number of alkyl carbamates (subject to hydrolysis) is 1. The number of nitrogens with one attached hydrogen (secondary N) is 3. The molecule has 1 saturated heterocycles. The van der Waals surface area contributed by atoms with E-state index in [9.17, 15) is 24.0 Å². The molecule has 2 bridgehead atoms. The number of aromatic nitrogens is 1. The molecule has 0 unspecified atom stereocenters. The van der Waals surface area contributed by atoms with E-state index in [0.717, 1.165) is 6.42 Å². The summed E-state index contributed by atoms with van der Waals surface area (Å²) in [5.41, 5.74) is 4.63. The number of hydrogen-bond acceptors (Lipinski definition) is 8. The lowest BCUT2D eigenvalue weighted by Crippen LogP contribution is -2.60. The highest BCUT2D eigenvalue weighted by molar-refractivity contribution is 5.99. The Morgan fingerprint density at radius 1 is 1.14 bits per heavy atom. The molecule has 0 spiro atoms. The molecule has 1 saturated carbocycles. The van der Waals surface area contributed by atoms with Gasteiger partial charge in [-0.2, -0.15) is 0 Å². The molecule has 1 aromatic rings. The van der Waals surface area contributed by atoms with E-state index in [1.807, 2.05) is 20.8 Å². The number of ether oxygens (including phenoxy) is 2.